The molecule has 0 aliphatic rings. The smallest absolute Gasteiger partial charge is 0.288 e. The van der Waals surface area contributed by atoms with E-state index in [1.165, 1.54) is 18.2 Å². The van der Waals surface area contributed by atoms with Crippen LogP contribution in [-0.2, 0) is 13.2 Å². The topological polar surface area (TPSA) is 70.2 Å². The average molecular weight is 375 g/mol. The van der Waals surface area contributed by atoms with E-state index in [4.69, 9.17) is 16.3 Å². The third-order valence-electron chi connectivity index (χ3n) is 2.94. The first-order valence-electron chi connectivity index (χ1n) is 6.22. The molecule has 0 fully saturated rings. The number of aromatic nitrogens is 2. The first-order chi connectivity index (χ1) is 9.93. The molecule has 0 unspecified atom stereocenters. The van der Waals surface area contributed by atoms with Gasteiger partial charge in [-0.05, 0) is 35.8 Å². The van der Waals surface area contributed by atoms with Gasteiger partial charge >= 0.3 is 0 Å². The number of rotatable bonds is 5. The van der Waals surface area contributed by atoms with Crippen molar-refractivity contribution in [2.45, 2.75) is 27.0 Å². The largest absolute Gasteiger partial charge is 0.487 e. The lowest BCUT2D eigenvalue weighted by atomic mass is 10.3. The third kappa shape index (κ3) is 3.36. The quantitative estimate of drug-likeness (QED) is 0.583. The number of nitro groups is 1. The fourth-order valence-corrected chi connectivity index (χ4v) is 2.52. The van der Waals surface area contributed by atoms with Gasteiger partial charge in [-0.1, -0.05) is 11.6 Å². The van der Waals surface area contributed by atoms with Crippen molar-refractivity contribution in [1.82, 2.24) is 9.78 Å². The SMILES string of the molecule is CCn1nc(C)c(Br)c1COc1ccc([N+](=O)[O-])c(Cl)c1. The van der Waals surface area contributed by atoms with Crippen LogP contribution in [0.2, 0.25) is 5.02 Å². The molecule has 0 bridgehead atoms. The summed E-state index contributed by atoms with van der Waals surface area (Å²) in [5, 5.41) is 15.1. The normalized spacial score (nSPS) is 10.7. The Kier molecular flexibility index (Phi) is 4.84. The van der Waals surface area contributed by atoms with E-state index in [9.17, 15) is 10.1 Å². The van der Waals surface area contributed by atoms with Crippen molar-refractivity contribution in [3.63, 3.8) is 0 Å². The summed E-state index contributed by atoms with van der Waals surface area (Å²) in [6, 6.07) is 4.29. The molecule has 0 radical (unpaired) electrons. The molecule has 1 aromatic heterocycles. The van der Waals surface area contributed by atoms with E-state index in [2.05, 4.69) is 21.0 Å². The van der Waals surface area contributed by atoms with Crippen LogP contribution < -0.4 is 4.74 Å². The van der Waals surface area contributed by atoms with E-state index >= 15 is 0 Å². The second kappa shape index (κ2) is 6.44. The fraction of sp³-hybridized carbons (Fsp3) is 0.308. The number of hydrogen-bond donors (Lipinski definition) is 0. The molecule has 0 amide bonds. The highest BCUT2D eigenvalue weighted by Gasteiger charge is 2.15. The van der Waals surface area contributed by atoms with Crippen LogP contribution in [0.15, 0.2) is 22.7 Å². The molecule has 0 aliphatic heterocycles. The second-order valence-electron chi connectivity index (χ2n) is 4.32. The van der Waals surface area contributed by atoms with Gasteiger partial charge in [-0.15, -0.1) is 0 Å². The van der Waals surface area contributed by atoms with Crippen molar-refractivity contribution >= 4 is 33.2 Å². The molecule has 8 heteroatoms. The highest BCUT2D eigenvalue weighted by Crippen LogP contribution is 2.29. The van der Waals surface area contributed by atoms with Crippen LogP contribution in [0.25, 0.3) is 0 Å². The van der Waals surface area contributed by atoms with E-state index in [1.807, 2.05) is 18.5 Å². The Balaban J connectivity index is 2.17. The van der Waals surface area contributed by atoms with E-state index in [0.29, 0.717) is 12.4 Å². The van der Waals surface area contributed by atoms with E-state index in [0.717, 1.165) is 22.4 Å². The molecule has 0 saturated heterocycles. The standard InChI is InChI=1S/C13H13BrClN3O3/c1-3-17-12(13(14)8(2)16-17)7-21-9-4-5-11(18(19)20)10(15)6-9/h4-6H,3,7H2,1-2H3. The lowest BCUT2D eigenvalue weighted by Gasteiger charge is -2.09. The number of ether oxygens (including phenoxy) is 1. The van der Waals surface area contributed by atoms with Crippen LogP contribution in [0.4, 0.5) is 5.69 Å². The zero-order valence-corrected chi connectivity index (χ0v) is 13.8. The summed E-state index contributed by atoms with van der Waals surface area (Å²) >= 11 is 9.33. The molecule has 0 saturated carbocycles. The van der Waals surface area contributed by atoms with Gasteiger partial charge < -0.3 is 4.74 Å². The first-order valence-corrected chi connectivity index (χ1v) is 7.39. The Morgan fingerprint density at radius 3 is 2.81 bits per heavy atom. The van der Waals surface area contributed by atoms with Crippen LogP contribution in [0, 0.1) is 17.0 Å². The molecule has 0 spiro atoms. The molecule has 1 aromatic carbocycles. The molecule has 2 rings (SSSR count). The average Bonchev–Trinajstić information content (AvgIpc) is 2.71. The molecule has 6 nitrogen and oxygen atoms in total. The van der Waals surface area contributed by atoms with Crippen molar-refractivity contribution in [2.24, 2.45) is 0 Å². The summed E-state index contributed by atoms with van der Waals surface area (Å²) in [5.41, 5.74) is 1.65. The van der Waals surface area contributed by atoms with Gasteiger partial charge in [0.25, 0.3) is 5.69 Å². The van der Waals surface area contributed by atoms with Crippen LogP contribution in [0.5, 0.6) is 5.75 Å². The van der Waals surface area contributed by atoms with Crippen LogP contribution in [0.3, 0.4) is 0 Å². The predicted molar refractivity (Wildman–Crippen MR) is 82.8 cm³/mol. The maximum atomic E-state index is 10.7. The molecular formula is C13H13BrClN3O3. The first kappa shape index (κ1) is 15.8. The van der Waals surface area contributed by atoms with E-state index in [1.54, 1.807) is 0 Å². The summed E-state index contributed by atoms with van der Waals surface area (Å²) in [6.07, 6.45) is 0. The third-order valence-corrected chi connectivity index (χ3v) is 4.28. The molecule has 1 heterocycles. The minimum Gasteiger partial charge on any atom is -0.487 e. The van der Waals surface area contributed by atoms with Gasteiger partial charge in [0.1, 0.15) is 17.4 Å². The van der Waals surface area contributed by atoms with Crippen LogP contribution in [-0.4, -0.2) is 14.7 Å². The van der Waals surface area contributed by atoms with E-state index in [-0.39, 0.29) is 10.7 Å². The predicted octanol–water partition coefficient (Wildman–Crippen LogP) is 4.11. The molecule has 2 aromatic rings. The number of aryl methyl sites for hydroxylation is 2. The number of benzene rings is 1. The lowest BCUT2D eigenvalue weighted by molar-refractivity contribution is -0.384. The maximum Gasteiger partial charge on any atom is 0.288 e. The monoisotopic (exact) mass is 373 g/mol. The summed E-state index contributed by atoms with van der Waals surface area (Å²) in [4.78, 5) is 10.2. The molecule has 112 valence electrons. The zero-order valence-electron chi connectivity index (χ0n) is 11.5. The minimum absolute atomic E-state index is 0.0525. The summed E-state index contributed by atoms with van der Waals surface area (Å²) in [5.74, 6) is 0.471. The van der Waals surface area contributed by atoms with Crippen LogP contribution >= 0.6 is 27.5 Å². The molecular weight excluding hydrogens is 362 g/mol. The number of hydrogen-bond acceptors (Lipinski definition) is 4. The van der Waals surface area contributed by atoms with Crippen molar-refractivity contribution in [3.8, 4) is 5.75 Å². The van der Waals surface area contributed by atoms with Gasteiger partial charge in [-0.3, -0.25) is 14.8 Å². The summed E-state index contributed by atoms with van der Waals surface area (Å²) < 4.78 is 8.39. The number of nitro benzene ring substituents is 1. The van der Waals surface area contributed by atoms with E-state index < -0.39 is 4.92 Å². The highest BCUT2D eigenvalue weighted by molar-refractivity contribution is 9.10. The lowest BCUT2D eigenvalue weighted by Crippen LogP contribution is -2.06. The fourth-order valence-electron chi connectivity index (χ4n) is 1.88. The van der Waals surface area contributed by atoms with Gasteiger partial charge in [0, 0.05) is 18.7 Å². The van der Waals surface area contributed by atoms with Crippen molar-refractivity contribution in [2.75, 3.05) is 0 Å². The van der Waals surface area contributed by atoms with Gasteiger partial charge in [0.05, 0.1) is 20.8 Å². The van der Waals surface area contributed by atoms with Gasteiger partial charge in [-0.25, -0.2) is 0 Å². The van der Waals surface area contributed by atoms with Crippen LogP contribution in [0.1, 0.15) is 18.3 Å². The molecule has 0 aliphatic carbocycles. The molecule has 0 atom stereocenters. The Labute approximate surface area is 134 Å². The summed E-state index contributed by atoms with van der Waals surface area (Å²) in [6.45, 7) is 4.92. The zero-order chi connectivity index (χ0) is 15.6. The van der Waals surface area contributed by atoms with Crippen molar-refractivity contribution in [1.29, 1.82) is 0 Å². The van der Waals surface area contributed by atoms with Crippen molar-refractivity contribution < 1.29 is 9.66 Å². The number of nitrogens with zero attached hydrogens (tertiary/aromatic N) is 3. The Morgan fingerprint density at radius 1 is 1.52 bits per heavy atom. The Bertz CT molecular complexity index is 688. The van der Waals surface area contributed by atoms with Gasteiger partial charge in [-0.2, -0.15) is 5.10 Å². The Hall–Kier alpha value is -1.60. The second-order valence-corrected chi connectivity index (χ2v) is 5.52. The molecule has 0 N–H and O–H groups in total. The molecule has 21 heavy (non-hydrogen) atoms. The Morgan fingerprint density at radius 2 is 2.24 bits per heavy atom. The van der Waals surface area contributed by atoms with Gasteiger partial charge in [0.2, 0.25) is 0 Å². The maximum absolute atomic E-state index is 10.7. The van der Waals surface area contributed by atoms with Gasteiger partial charge in [0.15, 0.2) is 0 Å². The summed E-state index contributed by atoms with van der Waals surface area (Å²) in [7, 11) is 0. The number of halogens is 2. The van der Waals surface area contributed by atoms with Crippen molar-refractivity contribution in [3.05, 3.63) is 49.2 Å². The highest BCUT2D eigenvalue weighted by atomic mass is 79.9. The minimum atomic E-state index is -0.530.